The van der Waals surface area contributed by atoms with Crippen LogP contribution in [0.25, 0.3) is 0 Å². The number of methoxy groups -OCH3 is 1. The molecule has 0 spiro atoms. The fourth-order valence-corrected chi connectivity index (χ4v) is 3.22. The van der Waals surface area contributed by atoms with Crippen LogP contribution in [0.3, 0.4) is 0 Å². The van der Waals surface area contributed by atoms with Crippen LogP contribution < -0.4 is 21.9 Å². The number of carbonyl (C=O) groups is 1. The highest BCUT2D eigenvalue weighted by molar-refractivity contribution is 5.95. The van der Waals surface area contributed by atoms with Gasteiger partial charge in [-0.1, -0.05) is 30.3 Å². The highest BCUT2D eigenvalue weighted by Gasteiger charge is 2.24. The van der Waals surface area contributed by atoms with Crippen molar-refractivity contribution in [3.8, 4) is 0 Å². The Hall–Kier alpha value is -4.26. The minimum Gasteiger partial charge on any atom is -0.383 e. The molecule has 13 heteroatoms. The van der Waals surface area contributed by atoms with Crippen LogP contribution in [0.1, 0.15) is 12.0 Å². The Morgan fingerprint density at radius 1 is 1.30 bits per heavy atom. The quantitative estimate of drug-likeness (QED) is 0.324. The van der Waals surface area contributed by atoms with Gasteiger partial charge in [-0.2, -0.15) is 5.10 Å². The number of benzene rings is 1. The summed E-state index contributed by atoms with van der Waals surface area (Å²) >= 11 is 0. The molecule has 0 aliphatic carbocycles. The van der Waals surface area contributed by atoms with Crippen LogP contribution in [0, 0.1) is 10.1 Å². The van der Waals surface area contributed by atoms with E-state index < -0.39 is 22.1 Å². The Kier molecular flexibility index (Phi) is 7.35. The van der Waals surface area contributed by atoms with E-state index in [9.17, 15) is 24.5 Å². The molecule has 0 aliphatic rings. The van der Waals surface area contributed by atoms with Crippen molar-refractivity contribution in [3.05, 3.63) is 79.2 Å². The summed E-state index contributed by atoms with van der Waals surface area (Å²) in [7, 11) is 1.44. The van der Waals surface area contributed by atoms with Crippen molar-refractivity contribution in [2.24, 2.45) is 0 Å². The van der Waals surface area contributed by atoms with Gasteiger partial charge in [0.15, 0.2) is 5.69 Å². The number of hydrogen-bond donors (Lipinski definition) is 2. The smallest absolute Gasteiger partial charge is 0.330 e. The summed E-state index contributed by atoms with van der Waals surface area (Å²) in [6, 6.07) is 9.03. The second-order valence-corrected chi connectivity index (χ2v) is 7.07. The minimum absolute atomic E-state index is 0.00537. The topological polar surface area (TPSA) is 171 Å². The number of H-pyrrole nitrogens is 1. The van der Waals surface area contributed by atoms with Gasteiger partial charge in [-0.3, -0.25) is 33.9 Å². The molecule has 13 nitrogen and oxygen atoms in total. The molecule has 0 bridgehead atoms. The van der Waals surface area contributed by atoms with Crippen LogP contribution in [0.15, 0.2) is 52.3 Å². The lowest BCUT2D eigenvalue weighted by Gasteiger charge is -2.24. The van der Waals surface area contributed by atoms with E-state index in [2.05, 4.69) is 10.1 Å². The normalized spacial score (nSPS) is 10.8. The first-order valence-corrected chi connectivity index (χ1v) is 9.94. The summed E-state index contributed by atoms with van der Waals surface area (Å²) in [6.45, 7) is 0.247. The van der Waals surface area contributed by atoms with Crippen LogP contribution in [0.2, 0.25) is 0 Å². The molecule has 1 aromatic carbocycles. The molecule has 0 saturated carbocycles. The second-order valence-electron chi connectivity index (χ2n) is 7.07. The molecule has 2 heterocycles. The number of carbonyl (C=O) groups excluding carboxylic acids is 1. The van der Waals surface area contributed by atoms with Gasteiger partial charge >= 0.3 is 11.4 Å². The lowest BCUT2D eigenvalue weighted by Crippen LogP contribution is -2.42. The molecule has 0 fully saturated rings. The predicted octanol–water partition coefficient (Wildman–Crippen LogP) is 0.342. The molecule has 0 saturated heterocycles. The fourth-order valence-electron chi connectivity index (χ4n) is 3.22. The zero-order valence-corrected chi connectivity index (χ0v) is 17.8. The Morgan fingerprint density at radius 2 is 2.03 bits per heavy atom. The number of aryl methyl sites for hydroxylation is 1. The van der Waals surface area contributed by atoms with Gasteiger partial charge in [-0.15, -0.1) is 0 Å². The lowest BCUT2D eigenvalue weighted by molar-refractivity contribution is -0.385. The molecular weight excluding hydrogens is 434 g/mol. The first-order valence-electron chi connectivity index (χ1n) is 9.94. The molecule has 2 aromatic heterocycles. The maximum absolute atomic E-state index is 13.0. The highest BCUT2D eigenvalue weighted by Crippen LogP contribution is 2.19. The van der Waals surface area contributed by atoms with Crippen LogP contribution in [0.5, 0.6) is 0 Å². The molecule has 0 atom stereocenters. The Labute approximate surface area is 187 Å². The number of nitrogens with two attached hydrogens (primary N) is 1. The van der Waals surface area contributed by atoms with Gasteiger partial charge in [-0.25, -0.2) is 4.79 Å². The molecule has 3 rings (SSSR count). The first kappa shape index (κ1) is 23.4. The fraction of sp³-hybridized carbons (Fsp3) is 0.300. The second kappa shape index (κ2) is 10.4. The van der Waals surface area contributed by atoms with Gasteiger partial charge in [-0.05, 0) is 5.56 Å². The third-order valence-electron chi connectivity index (χ3n) is 4.87. The largest absolute Gasteiger partial charge is 0.383 e. The molecule has 1 amide bonds. The van der Waals surface area contributed by atoms with Crippen molar-refractivity contribution in [2.45, 2.75) is 19.5 Å². The number of aromatic nitrogens is 4. The molecular formula is C20H23N7O6. The molecule has 33 heavy (non-hydrogen) atoms. The summed E-state index contributed by atoms with van der Waals surface area (Å²) < 4.78 is 7.49. The SMILES string of the molecule is COCCN(C(=O)CCn1cc([N+](=O)[O-])cn1)c1c(N)n(Cc2ccccc2)c(=O)[nH]c1=O. The van der Waals surface area contributed by atoms with Gasteiger partial charge < -0.3 is 15.4 Å². The zero-order chi connectivity index (χ0) is 24.0. The Balaban J connectivity index is 1.91. The van der Waals surface area contributed by atoms with E-state index in [1.165, 1.54) is 22.6 Å². The van der Waals surface area contributed by atoms with Crippen molar-refractivity contribution >= 4 is 23.1 Å². The number of rotatable bonds is 10. The van der Waals surface area contributed by atoms with Crippen LogP contribution in [0.4, 0.5) is 17.2 Å². The predicted molar refractivity (Wildman–Crippen MR) is 119 cm³/mol. The number of anilines is 2. The average molecular weight is 457 g/mol. The summed E-state index contributed by atoms with van der Waals surface area (Å²) in [4.78, 5) is 51.7. The number of amides is 1. The maximum atomic E-state index is 13.0. The third kappa shape index (κ3) is 5.51. The number of nitrogens with zero attached hydrogens (tertiary/aromatic N) is 5. The van der Waals surface area contributed by atoms with Crippen molar-refractivity contribution in [1.29, 1.82) is 0 Å². The molecule has 0 unspecified atom stereocenters. The molecule has 0 aliphatic heterocycles. The van der Waals surface area contributed by atoms with Gasteiger partial charge in [0.05, 0.1) is 18.1 Å². The maximum Gasteiger partial charge on any atom is 0.330 e. The zero-order valence-electron chi connectivity index (χ0n) is 17.8. The van der Waals surface area contributed by atoms with Crippen molar-refractivity contribution < 1.29 is 14.5 Å². The Bertz CT molecular complexity index is 1250. The molecule has 174 valence electrons. The standard InChI is InChI=1S/C20H23N7O6/c1-33-10-9-25(16(28)7-8-24-13-15(11-22-24)27(31)32)17-18(21)26(20(30)23-19(17)29)12-14-5-3-2-4-6-14/h2-6,11,13H,7-10,12,21H2,1H3,(H,23,29,30). The van der Waals surface area contributed by atoms with E-state index in [1.54, 1.807) is 24.3 Å². The van der Waals surface area contributed by atoms with Gasteiger partial charge in [0.25, 0.3) is 5.56 Å². The summed E-state index contributed by atoms with van der Waals surface area (Å²) in [5, 5.41) is 14.7. The highest BCUT2D eigenvalue weighted by atomic mass is 16.6. The van der Waals surface area contributed by atoms with Crippen LogP contribution >= 0.6 is 0 Å². The summed E-state index contributed by atoms with van der Waals surface area (Å²) in [5.41, 5.74) is 5.11. The van der Waals surface area contributed by atoms with Gasteiger partial charge in [0.1, 0.15) is 18.2 Å². The lowest BCUT2D eigenvalue weighted by atomic mass is 10.2. The minimum atomic E-state index is -0.805. The first-order chi connectivity index (χ1) is 15.8. The summed E-state index contributed by atoms with van der Waals surface area (Å²) in [5.74, 6) is -0.654. The molecule has 3 N–H and O–H groups in total. The Morgan fingerprint density at radius 3 is 2.67 bits per heavy atom. The van der Waals surface area contributed by atoms with E-state index in [0.717, 1.165) is 16.7 Å². The summed E-state index contributed by atoms with van der Waals surface area (Å²) in [6.07, 6.45) is 2.16. The van der Waals surface area contributed by atoms with Crippen molar-refractivity contribution in [1.82, 2.24) is 19.3 Å². The number of ether oxygens (including phenoxy) is 1. The van der Waals surface area contributed by atoms with Crippen molar-refractivity contribution in [2.75, 3.05) is 30.9 Å². The van der Waals surface area contributed by atoms with Crippen LogP contribution in [-0.4, -0.2) is 50.4 Å². The monoisotopic (exact) mass is 457 g/mol. The van der Waals surface area contributed by atoms with Crippen LogP contribution in [-0.2, 0) is 22.6 Å². The number of hydrogen-bond acceptors (Lipinski definition) is 8. The number of nitrogens with one attached hydrogen (secondary N) is 1. The number of nitro groups is 1. The van der Waals surface area contributed by atoms with Gasteiger partial charge in [0.2, 0.25) is 5.91 Å². The number of nitrogen functional groups attached to an aromatic ring is 1. The molecule has 3 aromatic rings. The average Bonchev–Trinajstić information content (AvgIpc) is 3.27. The molecule has 0 radical (unpaired) electrons. The third-order valence-corrected chi connectivity index (χ3v) is 4.87. The van der Waals surface area contributed by atoms with Crippen molar-refractivity contribution in [3.63, 3.8) is 0 Å². The van der Waals surface area contributed by atoms with E-state index in [4.69, 9.17) is 10.5 Å². The van der Waals surface area contributed by atoms with E-state index >= 15 is 0 Å². The number of aromatic amines is 1. The van der Waals surface area contributed by atoms with E-state index in [1.807, 2.05) is 6.07 Å². The van der Waals surface area contributed by atoms with E-state index in [-0.39, 0.29) is 49.9 Å². The van der Waals surface area contributed by atoms with E-state index in [0.29, 0.717) is 0 Å². The van der Waals surface area contributed by atoms with Gasteiger partial charge in [0, 0.05) is 26.6 Å².